The predicted molar refractivity (Wildman–Crippen MR) is 126 cm³/mol. The average Bonchev–Trinajstić information content (AvgIpc) is 2.77. The Bertz CT molecular complexity index is 1010. The van der Waals surface area contributed by atoms with Gasteiger partial charge in [0, 0.05) is 32.7 Å². The van der Waals surface area contributed by atoms with Crippen LogP contribution in [-0.2, 0) is 47.7 Å². The molecular formula is C24H30ClNO11. The van der Waals surface area contributed by atoms with E-state index in [0.717, 1.165) is 26.3 Å². The molecule has 0 saturated carbocycles. The minimum Gasteiger partial charge on any atom is -0.493 e. The Morgan fingerprint density at radius 1 is 0.946 bits per heavy atom. The topological polar surface area (TPSA) is 153 Å². The minimum atomic E-state index is -1.48. The maximum Gasteiger partial charge on any atom is 0.311 e. The smallest absolute Gasteiger partial charge is 0.311 e. The zero-order valence-electron chi connectivity index (χ0n) is 21.1. The molecule has 0 aliphatic carbocycles. The molecule has 12 nitrogen and oxygen atoms in total. The van der Waals surface area contributed by atoms with Crippen molar-refractivity contribution in [2.24, 2.45) is 0 Å². The van der Waals surface area contributed by atoms with E-state index < -0.39 is 67.0 Å². The van der Waals surface area contributed by atoms with Gasteiger partial charge in [0.25, 0.3) is 0 Å². The van der Waals surface area contributed by atoms with Crippen LogP contribution in [0.3, 0.4) is 0 Å². The molecule has 1 saturated heterocycles. The first-order valence-corrected chi connectivity index (χ1v) is 11.7. The van der Waals surface area contributed by atoms with Crippen LogP contribution >= 0.6 is 11.6 Å². The van der Waals surface area contributed by atoms with Gasteiger partial charge in [0.1, 0.15) is 24.5 Å². The first-order chi connectivity index (χ1) is 17.4. The van der Waals surface area contributed by atoms with E-state index in [1.165, 1.54) is 6.92 Å². The van der Waals surface area contributed by atoms with Crippen molar-refractivity contribution in [3.63, 3.8) is 0 Å². The van der Waals surface area contributed by atoms with Crippen molar-refractivity contribution in [2.75, 3.05) is 13.2 Å². The number of benzene rings is 1. The fourth-order valence-corrected chi connectivity index (χ4v) is 3.83. The van der Waals surface area contributed by atoms with Gasteiger partial charge in [-0.25, -0.2) is 0 Å². The van der Waals surface area contributed by atoms with Gasteiger partial charge in [-0.3, -0.25) is 24.0 Å². The number of hydrogen-bond acceptors (Lipinski definition) is 11. The van der Waals surface area contributed by atoms with Crippen LogP contribution in [0.2, 0.25) is 5.02 Å². The lowest BCUT2D eigenvalue weighted by molar-refractivity contribution is -0.271. The number of carbonyl (C=O) groups is 5. The Morgan fingerprint density at radius 3 is 2.16 bits per heavy atom. The quantitative estimate of drug-likeness (QED) is 0.338. The van der Waals surface area contributed by atoms with Gasteiger partial charge < -0.3 is 33.7 Å². The van der Waals surface area contributed by atoms with Gasteiger partial charge >= 0.3 is 23.9 Å². The molecule has 1 aromatic carbocycles. The van der Waals surface area contributed by atoms with Crippen LogP contribution in [0.5, 0.6) is 5.75 Å². The number of esters is 4. The Hall–Kier alpha value is -3.38. The van der Waals surface area contributed by atoms with E-state index in [4.69, 9.17) is 40.0 Å². The highest BCUT2D eigenvalue weighted by molar-refractivity contribution is 6.30. The molecule has 1 amide bonds. The van der Waals surface area contributed by atoms with Crippen LogP contribution in [0, 0.1) is 6.92 Å². The molecule has 13 heteroatoms. The van der Waals surface area contributed by atoms with Crippen molar-refractivity contribution in [3.8, 4) is 5.75 Å². The second-order valence-electron chi connectivity index (χ2n) is 8.22. The molecule has 1 aromatic rings. The second-order valence-corrected chi connectivity index (χ2v) is 8.65. The number of amides is 1. The summed E-state index contributed by atoms with van der Waals surface area (Å²) in [5.41, 5.74) is 0.774. The van der Waals surface area contributed by atoms with Gasteiger partial charge in [0.2, 0.25) is 12.2 Å². The summed E-state index contributed by atoms with van der Waals surface area (Å²) in [5, 5.41) is 3.06. The average molecular weight is 544 g/mol. The number of hydrogen-bond donors (Lipinski definition) is 1. The summed E-state index contributed by atoms with van der Waals surface area (Å²) in [7, 11) is 0. The summed E-state index contributed by atoms with van der Waals surface area (Å²) in [6.07, 6.45) is -5.48. The molecular weight excluding hydrogens is 514 g/mol. The van der Waals surface area contributed by atoms with Crippen molar-refractivity contribution < 1.29 is 52.4 Å². The molecule has 37 heavy (non-hydrogen) atoms. The molecule has 1 aliphatic rings. The van der Waals surface area contributed by atoms with Gasteiger partial charge in [-0.05, 0) is 30.7 Å². The fourth-order valence-electron chi connectivity index (χ4n) is 3.60. The van der Waals surface area contributed by atoms with E-state index in [-0.39, 0.29) is 13.0 Å². The molecule has 0 aromatic heterocycles. The standard InChI is InChI=1S/C24H30ClNO11/c1-12-10-17(25)6-7-18(12)32-9-8-20(31)37-24-21(26-13(2)27)23(35-16(5)30)22(34-15(4)29)19(36-24)11-33-14(3)28/h6-7,10,19,21-24H,8-9,11H2,1-5H3,(H,26,27). The summed E-state index contributed by atoms with van der Waals surface area (Å²) in [6.45, 7) is 5.93. The van der Waals surface area contributed by atoms with Gasteiger partial charge in [0.15, 0.2) is 12.2 Å². The highest BCUT2D eigenvalue weighted by atomic mass is 35.5. The Kier molecular flexibility index (Phi) is 11.1. The summed E-state index contributed by atoms with van der Waals surface area (Å²) in [6, 6.07) is 3.77. The normalized spacial score (nSPS) is 22.8. The second kappa shape index (κ2) is 13.8. The third kappa shape index (κ3) is 9.54. The van der Waals surface area contributed by atoms with Crippen LogP contribution < -0.4 is 10.1 Å². The number of halogens is 1. The van der Waals surface area contributed by atoms with Gasteiger partial charge in [0.05, 0.1) is 13.0 Å². The maximum atomic E-state index is 12.6. The third-order valence-electron chi connectivity index (χ3n) is 5.02. The maximum absolute atomic E-state index is 12.6. The van der Waals surface area contributed by atoms with E-state index in [9.17, 15) is 24.0 Å². The summed E-state index contributed by atoms with van der Waals surface area (Å²) in [4.78, 5) is 59.6. The van der Waals surface area contributed by atoms with Crippen molar-refractivity contribution in [3.05, 3.63) is 28.8 Å². The molecule has 0 bridgehead atoms. The predicted octanol–water partition coefficient (Wildman–Crippen LogP) is 1.62. The number of ether oxygens (including phenoxy) is 6. The van der Waals surface area contributed by atoms with Crippen molar-refractivity contribution in [2.45, 2.75) is 71.7 Å². The SMILES string of the molecule is CC(=O)NC1C(OC(=O)CCOc2ccc(Cl)cc2C)OC(COC(C)=O)C(OC(C)=O)C1OC(C)=O. The van der Waals surface area contributed by atoms with Crippen LogP contribution in [0.25, 0.3) is 0 Å². The molecule has 204 valence electrons. The van der Waals surface area contributed by atoms with Crippen LogP contribution in [-0.4, -0.2) is 73.6 Å². The Morgan fingerprint density at radius 2 is 1.59 bits per heavy atom. The Balaban J connectivity index is 2.22. The summed E-state index contributed by atoms with van der Waals surface area (Å²) in [5.74, 6) is -2.95. The fraction of sp³-hybridized carbons (Fsp3) is 0.542. The van der Waals surface area contributed by atoms with E-state index in [2.05, 4.69) is 5.32 Å². The highest BCUT2D eigenvalue weighted by Crippen LogP contribution is 2.28. The van der Waals surface area contributed by atoms with Gasteiger partial charge in [-0.2, -0.15) is 0 Å². The molecule has 1 aliphatic heterocycles. The molecule has 5 unspecified atom stereocenters. The monoisotopic (exact) mass is 543 g/mol. The lowest BCUT2D eigenvalue weighted by atomic mass is 9.96. The summed E-state index contributed by atoms with van der Waals surface area (Å²) < 4.78 is 32.5. The number of nitrogens with one attached hydrogen (secondary N) is 1. The summed E-state index contributed by atoms with van der Waals surface area (Å²) >= 11 is 5.93. The minimum absolute atomic E-state index is 0.0425. The van der Waals surface area contributed by atoms with E-state index in [1.54, 1.807) is 25.1 Å². The van der Waals surface area contributed by atoms with Gasteiger partial charge in [-0.15, -0.1) is 0 Å². The van der Waals surface area contributed by atoms with Crippen molar-refractivity contribution in [1.29, 1.82) is 0 Å². The van der Waals surface area contributed by atoms with E-state index >= 15 is 0 Å². The van der Waals surface area contributed by atoms with Gasteiger partial charge in [-0.1, -0.05) is 11.6 Å². The molecule has 0 radical (unpaired) electrons. The lowest BCUT2D eigenvalue weighted by Crippen LogP contribution is -2.66. The largest absolute Gasteiger partial charge is 0.493 e. The number of aryl methyl sites for hydroxylation is 1. The molecule has 1 fully saturated rings. The zero-order valence-corrected chi connectivity index (χ0v) is 21.9. The zero-order chi connectivity index (χ0) is 27.7. The third-order valence-corrected chi connectivity index (χ3v) is 5.25. The first kappa shape index (κ1) is 29.8. The van der Waals surface area contributed by atoms with Crippen LogP contribution in [0.15, 0.2) is 18.2 Å². The molecule has 1 heterocycles. The number of rotatable bonds is 10. The lowest BCUT2D eigenvalue weighted by Gasteiger charge is -2.44. The molecule has 1 N–H and O–H groups in total. The molecule has 5 atom stereocenters. The number of carbonyl (C=O) groups excluding carboxylic acids is 5. The highest BCUT2D eigenvalue weighted by Gasteiger charge is 2.52. The van der Waals surface area contributed by atoms with E-state index in [1.807, 2.05) is 0 Å². The van der Waals surface area contributed by atoms with Crippen LogP contribution in [0.4, 0.5) is 0 Å². The molecule has 0 spiro atoms. The first-order valence-electron chi connectivity index (χ1n) is 11.4. The van der Waals surface area contributed by atoms with Crippen molar-refractivity contribution in [1.82, 2.24) is 5.32 Å². The van der Waals surface area contributed by atoms with E-state index in [0.29, 0.717) is 10.8 Å². The Labute approximate surface area is 218 Å². The van der Waals surface area contributed by atoms with Crippen molar-refractivity contribution >= 4 is 41.4 Å². The molecule has 2 rings (SSSR count). The van der Waals surface area contributed by atoms with Crippen LogP contribution in [0.1, 0.15) is 39.7 Å².